The van der Waals surface area contributed by atoms with Gasteiger partial charge in [-0.1, -0.05) is 39.8 Å². The first-order valence-corrected chi connectivity index (χ1v) is 10.2. The lowest BCUT2D eigenvalue weighted by molar-refractivity contribution is 0.0697. The van der Waals surface area contributed by atoms with Crippen LogP contribution in [0.1, 0.15) is 50.0 Å². The second-order valence-electron chi connectivity index (χ2n) is 7.72. The monoisotopic (exact) mass is 395 g/mol. The van der Waals surface area contributed by atoms with Crippen LogP contribution in [0.4, 0.5) is 0 Å². The molecule has 3 rings (SSSR count). The average Bonchev–Trinajstić information content (AvgIpc) is 3.15. The first-order chi connectivity index (χ1) is 13.3. The van der Waals surface area contributed by atoms with Crippen molar-refractivity contribution in [3.63, 3.8) is 0 Å². The van der Waals surface area contributed by atoms with Crippen LogP contribution in [0.15, 0.2) is 48.7 Å². The van der Waals surface area contributed by atoms with Crippen LogP contribution in [0.5, 0.6) is 5.75 Å². The van der Waals surface area contributed by atoms with Crippen molar-refractivity contribution in [3.05, 3.63) is 59.8 Å². The van der Waals surface area contributed by atoms with E-state index in [1.54, 1.807) is 35.6 Å². The zero-order chi connectivity index (χ0) is 20.3. The third-order valence-electron chi connectivity index (χ3n) is 4.42. The minimum absolute atomic E-state index is 0.0285. The van der Waals surface area contributed by atoms with Gasteiger partial charge in [0.2, 0.25) is 0 Å². The van der Waals surface area contributed by atoms with Crippen molar-refractivity contribution in [2.45, 2.75) is 39.5 Å². The van der Waals surface area contributed by atoms with Gasteiger partial charge in [-0.3, -0.25) is 0 Å². The summed E-state index contributed by atoms with van der Waals surface area (Å²) in [7, 11) is 0. The van der Waals surface area contributed by atoms with Crippen LogP contribution in [0.25, 0.3) is 21.0 Å². The van der Waals surface area contributed by atoms with Gasteiger partial charge in [0.25, 0.3) is 0 Å². The van der Waals surface area contributed by atoms with E-state index in [4.69, 9.17) is 9.84 Å². The van der Waals surface area contributed by atoms with Gasteiger partial charge in [0.05, 0.1) is 17.0 Å². The van der Waals surface area contributed by atoms with Gasteiger partial charge < -0.3 is 9.84 Å². The minimum Gasteiger partial charge on any atom is -0.493 e. The fourth-order valence-electron chi connectivity index (χ4n) is 2.90. The highest BCUT2D eigenvalue weighted by molar-refractivity contribution is 7.18. The molecule has 146 valence electrons. The van der Waals surface area contributed by atoms with E-state index in [-0.39, 0.29) is 11.0 Å². The summed E-state index contributed by atoms with van der Waals surface area (Å²) in [5, 5.41) is 9.91. The molecule has 0 unspecified atom stereocenters. The predicted molar refractivity (Wildman–Crippen MR) is 114 cm³/mol. The number of carboxylic acid groups (broad SMARTS) is 1. The van der Waals surface area contributed by atoms with Gasteiger partial charge in [-0.2, -0.15) is 0 Å². The molecule has 2 aromatic carbocycles. The Morgan fingerprint density at radius 2 is 1.79 bits per heavy atom. The molecule has 0 saturated carbocycles. The van der Waals surface area contributed by atoms with E-state index in [1.165, 1.54) is 5.56 Å². The number of aromatic carboxylic acids is 1. The Hall–Kier alpha value is -2.66. The molecule has 0 bridgehead atoms. The van der Waals surface area contributed by atoms with Crippen LogP contribution in [0.3, 0.4) is 0 Å². The third-order valence-corrected chi connectivity index (χ3v) is 5.51. The first-order valence-electron chi connectivity index (χ1n) is 9.37. The summed E-state index contributed by atoms with van der Waals surface area (Å²) in [5.74, 6) is 0.0126. The summed E-state index contributed by atoms with van der Waals surface area (Å²) in [6, 6.07) is 13.1. The topological polar surface area (TPSA) is 59.4 Å². The maximum atomic E-state index is 11.0. The summed E-state index contributed by atoms with van der Waals surface area (Å²) in [6.45, 7) is 9.37. The minimum atomic E-state index is -0.925. The second-order valence-corrected chi connectivity index (χ2v) is 8.75. The number of benzene rings is 2. The number of hydrogen-bond acceptors (Lipinski definition) is 4. The van der Waals surface area contributed by atoms with Crippen LogP contribution in [-0.4, -0.2) is 22.7 Å². The Kier molecular flexibility index (Phi) is 5.84. The van der Waals surface area contributed by atoms with Crippen LogP contribution >= 0.6 is 11.3 Å². The predicted octanol–water partition coefficient (Wildman–Crippen LogP) is 6.26. The number of nitrogens with zero attached hydrogens (tertiary/aromatic N) is 1. The van der Waals surface area contributed by atoms with Gasteiger partial charge in [-0.25, -0.2) is 9.78 Å². The smallest absolute Gasteiger partial charge is 0.335 e. The Morgan fingerprint density at radius 1 is 1.11 bits per heavy atom. The molecule has 28 heavy (non-hydrogen) atoms. The molecular formula is C23H25NO3S. The van der Waals surface area contributed by atoms with E-state index in [1.807, 2.05) is 12.3 Å². The largest absolute Gasteiger partial charge is 0.493 e. The van der Waals surface area contributed by atoms with Crippen molar-refractivity contribution in [1.82, 2.24) is 4.98 Å². The molecule has 4 nitrogen and oxygen atoms in total. The fraction of sp³-hybridized carbons (Fsp3) is 0.304. The number of rotatable bonds is 6. The Labute approximate surface area is 169 Å². The molecule has 0 aliphatic heterocycles. The molecule has 0 aliphatic rings. The fourth-order valence-corrected chi connectivity index (χ4v) is 3.82. The van der Waals surface area contributed by atoms with Gasteiger partial charge in [-0.15, -0.1) is 11.3 Å². The summed E-state index contributed by atoms with van der Waals surface area (Å²) in [5.41, 5.74) is 3.45. The van der Waals surface area contributed by atoms with Crippen molar-refractivity contribution in [2.24, 2.45) is 0 Å². The molecule has 5 heteroatoms. The number of carboxylic acids is 1. The molecule has 0 amide bonds. The van der Waals surface area contributed by atoms with Crippen LogP contribution < -0.4 is 4.74 Å². The summed E-state index contributed by atoms with van der Waals surface area (Å²) in [4.78, 5) is 16.6. The van der Waals surface area contributed by atoms with E-state index < -0.39 is 5.97 Å². The number of carbonyl (C=O) groups is 1. The van der Waals surface area contributed by atoms with Gasteiger partial charge in [-0.05, 0) is 47.7 Å². The molecule has 0 radical (unpaired) electrons. The molecule has 3 aromatic rings. The second kappa shape index (κ2) is 8.15. The molecule has 0 atom stereocenters. The molecule has 1 heterocycles. The number of thiazole rings is 1. The molecule has 0 spiro atoms. The van der Waals surface area contributed by atoms with Crippen LogP contribution in [0, 0.1) is 0 Å². The lowest BCUT2D eigenvalue weighted by Crippen LogP contribution is -2.14. The summed E-state index contributed by atoms with van der Waals surface area (Å²) < 4.78 is 5.95. The SMILES string of the molecule is CCCOc1ccc(-c2cnc(-c3ccc(C(=O)O)cc3)s2)cc1C(C)(C)C. The van der Waals surface area contributed by atoms with Gasteiger partial charge in [0.15, 0.2) is 0 Å². The van der Waals surface area contributed by atoms with Gasteiger partial charge in [0, 0.05) is 17.3 Å². The first kappa shape index (κ1) is 20.1. The van der Waals surface area contributed by atoms with Crippen molar-refractivity contribution in [2.75, 3.05) is 6.61 Å². The lowest BCUT2D eigenvalue weighted by atomic mass is 9.85. The molecule has 0 saturated heterocycles. The molecule has 1 aromatic heterocycles. The Balaban J connectivity index is 1.93. The standard InChI is InChI=1S/C23H25NO3S/c1-5-12-27-19-11-10-17(13-18(19)23(2,3)4)20-14-24-21(28-20)15-6-8-16(9-7-15)22(25)26/h6-11,13-14H,5,12H2,1-4H3,(H,25,26). The average molecular weight is 396 g/mol. The number of ether oxygens (including phenoxy) is 1. The van der Waals surface area contributed by atoms with E-state index in [9.17, 15) is 4.79 Å². The highest BCUT2D eigenvalue weighted by Gasteiger charge is 2.20. The van der Waals surface area contributed by atoms with Crippen LogP contribution in [0.2, 0.25) is 0 Å². The number of hydrogen-bond donors (Lipinski definition) is 1. The normalized spacial score (nSPS) is 11.4. The van der Waals surface area contributed by atoms with Crippen molar-refractivity contribution in [1.29, 1.82) is 0 Å². The van der Waals surface area contributed by atoms with E-state index in [2.05, 4.69) is 44.8 Å². The van der Waals surface area contributed by atoms with Gasteiger partial charge >= 0.3 is 5.97 Å². The van der Waals surface area contributed by atoms with Crippen molar-refractivity contribution in [3.8, 4) is 26.8 Å². The van der Waals surface area contributed by atoms with E-state index >= 15 is 0 Å². The molecular weight excluding hydrogens is 370 g/mol. The Bertz CT molecular complexity index is 968. The third kappa shape index (κ3) is 4.42. The quantitative estimate of drug-likeness (QED) is 0.535. The zero-order valence-electron chi connectivity index (χ0n) is 16.7. The van der Waals surface area contributed by atoms with Crippen LogP contribution in [-0.2, 0) is 5.41 Å². The maximum absolute atomic E-state index is 11.0. The van der Waals surface area contributed by atoms with Crippen molar-refractivity contribution < 1.29 is 14.6 Å². The molecule has 0 aliphatic carbocycles. The highest BCUT2D eigenvalue weighted by atomic mass is 32.1. The number of aromatic nitrogens is 1. The Morgan fingerprint density at radius 3 is 2.39 bits per heavy atom. The molecule has 1 N–H and O–H groups in total. The summed E-state index contributed by atoms with van der Waals surface area (Å²) >= 11 is 1.60. The zero-order valence-corrected chi connectivity index (χ0v) is 17.5. The summed E-state index contributed by atoms with van der Waals surface area (Å²) in [6.07, 6.45) is 2.85. The highest BCUT2D eigenvalue weighted by Crippen LogP contribution is 2.38. The lowest BCUT2D eigenvalue weighted by Gasteiger charge is -2.23. The maximum Gasteiger partial charge on any atom is 0.335 e. The van der Waals surface area contributed by atoms with Crippen molar-refractivity contribution >= 4 is 17.3 Å². The van der Waals surface area contributed by atoms with E-state index in [0.717, 1.165) is 33.2 Å². The van der Waals surface area contributed by atoms with E-state index in [0.29, 0.717) is 6.61 Å². The molecule has 0 fully saturated rings. The van der Waals surface area contributed by atoms with Gasteiger partial charge in [0.1, 0.15) is 10.8 Å².